The Balaban J connectivity index is 1.88. The molecule has 0 amide bonds. The summed E-state index contributed by atoms with van der Waals surface area (Å²) in [6, 6.07) is 15.4. The predicted molar refractivity (Wildman–Crippen MR) is 112 cm³/mol. The number of benzene rings is 2. The monoisotopic (exact) mass is 455 g/mol. The van der Waals surface area contributed by atoms with Crippen molar-refractivity contribution in [3.63, 3.8) is 0 Å². The van der Waals surface area contributed by atoms with Crippen molar-refractivity contribution in [3.05, 3.63) is 74.3 Å². The zero-order valence-electron chi connectivity index (χ0n) is 14.1. The van der Waals surface area contributed by atoms with Gasteiger partial charge in [-0.05, 0) is 30.3 Å². The number of aromatic nitrogens is 3. The molecule has 2 heterocycles. The number of nitrogen functional groups attached to an aromatic ring is 1. The number of hydrogen-bond donors (Lipinski definition) is 1. The van der Waals surface area contributed by atoms with E-state index in [1.165, 1.54) is 12.1 Å². The molecule has 0 saturated heterocycles. The van der Waals surface area contributed by atoms with Crippen molar-refractivity contribution in [3.8, 4) is 22.5 Å². The Morgan fingerprint density at radius 3 is 2.57 bits per heavy atom. The first-order chi connectivity index (χ1) is 13.4. The molecule has 0 spiro atoms. The van der Waals surface area contributed by atoms with Crippen molar-refractivity contribution in [1.82, 2.24) is 15.0 Å². The fourth-order valence-corrected chi connectivity index (χ4v) is 3.46. The number of halogens is 2. The number of nitro groups is 1. The minimum Gasteiger partial charge on any atom is -0.368 e. The number of nitrogens with zero attached hydrogens (tertiary/aromatic N) is 4. The Kier molecular flexibility index (Phi) is 4.66. The van der Waals surface area contributed by atoms with Gasteiger partial charge in [-0.15, -0.1) is 0 Å². The van der Waals surface area contributed by atoms with Gasteiger partial charge in [0, 0.05) is 33.1 Å². The smallest absolute Gasteiger partial charge is 0.270 e. The van der Waals surface area contributed by atoms with E-state index < -0.39 is 4.92 Å². The summed E-state index contributed by atoms with van der Waals surface area (Å²) in [4.78, 5) is 23.5. The molecule has 0 saturated carbocycles. The molecule has 0 atom stereocenters. The zero-order valence-corrected chi connectivity index (χ0v) is 16.5. The topological polar surface area (TPSA) is 108 Å². The van der Waals surface area contributed by atoms with Gasteiger partial charge >= 0.3 is 0 Å². The van der Waals surface area contributed by atoms with Crippen molar-refractivity contribution < 1.29 is 4.92 Å². The molecule has 7 nitrogen and oxygen atoms in total. The van der Waals surface area contributed by atoms with E-state index in [2.05, 4.69) is 30.9 Å². The van der Waals surface area contributed by atoms with Crippen molar-refractivity contribution in [2.75, 3.05) is 5.73 Å². The molecular formula is C19H11BrClN5O2. The molecule has 0 aliphatic heterocycles. The van der Waals surface area contributed by atoms with Crippen LogP contribution in [0.4, 0.5) is 11.6 Å². The van der Waals surface area contributed by atoms with Crippen molar-refractivity contribution >= 4 is 50.1 Å². The number of fused-ring (bicyclic) bond motifs is 1. The van der Waals surface area contributed by atoms with Gasteiger partial charge in [-0.25, -0.2) is 15.0 Å². The van der Waals surface area contributed by atoms with Gasteiger partial charge in [0.1, 0.15) is 5.15 Å². The largest absolute Gasteiger partial charge is 0.368 e. The SMILES string of the molecule is Nc1nc(-c2cccc([N+](=O)[O-])c2)cc(-c2cc3cc(Br)ccc3nc2Cl)n1. The Bertz CT molecular complexity index is 1250. The first-order valence-corrected chi connectivity index (χ1v) is 9.23. The number of pyridine rings is 1. The lowest BCUT2D eigenvalue weighted by Crippen LogP contribution is -2.00. The lowest BCUT2D eigenvalue weighted by atomic mass is 10.1. The summed E-state index contributed by atoms with van der Waals surface area (Å²) in [6.45, 7) is 0. The minimum absolute atomic E-state index is 0.0319. The van der Waals surface area contributed by atoms with Gasteiger partial charge < -0.3 is 5.73 Å². The molecule has 0 unspecified atom stereocenters. The molecule has 0 radical (unpaired) electrons. The third-order valence-corrected chi connectivity index (χ3v) is 4.88. The highest BCUT2D eigenvalue weighted by Crippen LogP contribution is 2.32. The highest BCUT2D eigenvalue weighted by atomic mass is 79.9. The molecule has 138 valence electrons. The number of nitro benzene ring substituents is 1. The lowest BCUT2D eigenvalue weighted by molar-refractivity contribution is -0.384. The van der Waals surface area contributed by atoms with E-state index in [9.17, 15) is 10.1 Å². The Morgan fingerprint density at radius 1 is 1.00 bits per heavy atom. The van der Waals surface area contributed by atoms with Crippen LogP contribution in [0.25, 0.3) is 33.4 Å². The van der Waals surface area contributed by atoms with Crippen LogP contribution in [0.2, 0.25) is 5.15 Å². The standard InChI is InChI=1S/C19H11BrClN5O2/c20-12-4-5-15-11(6-12)8-14(18(21)23-15)17-9-16(24-19(22)25-17)10-2-1-3-13(7-10)26(27)28/h1-9H,(H2,22,24,25). The van der Waals surface area contributed by atoms with Crippen LogP contribution < -0.4 is 5.73 Å². The molecule has 2 aromatic carbocycles. The minimum atomic E-state index is -0.461. The molecular weight excluding hydrogens is 446 g/mol. The van der Waals surface area contributed by atoms with E-state index in [0.717, 1.165) is 15.4 Å². The second kappa shape index (κ2) is 7.14. The molecule has 4 aromatic rings. The zero-order chi connectivity index (χ0) is 19.8. The quantitative estimate of drug-likeness (QED) is 0.256. The maximum absolute atomic E-state index is 11.1. The van der Waals surface area contributed by atoms with Gasteiger partial charge in [0.25, 0.3) is 5.69 Å². The summed E-state index contributed by atoms with van der Waals surface area (Å²) in [5, 5.41) is 12.2. The van der Waals surface area contributed by atoms with Gasteiger partial charge in [-0.3, -0.25) is 10.1 Å². The first kappa shape index (κ1) is 18.3. The van der Waals surface area contributed by atoms with E-state index >= 15 is 0 Å². The summed E-state index contributed by atoms with van der Waals surface area (Å²) in [6.07, 6.45) is 0. The van der Waals surface area contributed by atoms with Gasteiger partial charge in [0.05, 0.1) is 21.8 Å². The van der Waals surface area contributed by atoms with E-state index in [4.69, 9.17) is 17.3 Å². The summed E-state index contributed by atoms with van der Waals surface area (Å²) in [7, 11) is 0. The molecule has 28 heavy (non-hydrogen) atoms. The fourth-order valence-electron chi connectivity index (χ4n) is 2.83. The molecule has 0 bridgehead atoms. The summed E-state index contributed by atoms with van der Waals surface area (Å²) >= 11 is 9.82. The fraction of sp³-hybridized carbons (Fsp3) is 0. The van der Waals surface area contributed by atoms with Crippen molar-refractivity contribution in [1.29, 1.82) is 0 Å². The normalized spacial score (nSPS) is 10.9. The van der Waals surface area contributed by atoms with Crippen LogP contribution in [0.1, 0.15) is 0 Å². The molecule has 0 fully saturated rings. The van der Waals surface area contributed by atoms with Gasteiger partial charge in [-0.1, -0.05) is 39.7 Å². The second-order valence-electron chi connectivity index (χ2n) is 5.97. The predicted octanol–water partition coefficient (Wildman–Crippen LogP) is 5.27. The van der Waals surface area contributed by atoms with E-state index in [-0.39, 0.29) is 16.8 Å². The highest BCUT2D eigenvalue weighted by Gasteiger charge is 2.14. The molecule has 9 heteroatoms. The van der Waals surface area contributed by atoms with Crippen LogP contribution in [0, 0.1) is 10.1 Å². The molecule has 4 rings (SSSR count). The van der Waals surface area contributed by atoms with Crippen LogP contribution in [0.3, 0.4) is 0 Å². The highest BCUT2D eigenvalue weighted by molar-refractivity contribution is 9.10. The number of anilines is 1. The average Bonchev–Trinajstić information content (AvgIpc) is 2.67. The van der Waals surface area contributed by atoms with Crippen LogP contribution in [0.15, 0.2) is 59.1 Å². The first-order valence-electron chi connectivity index (χ1n) is 8.06. The lowest BCUT2D eigenvalue weighted by Gasteiger charge is -2.09. The van der Waals surface area contributed by atoms with Crippen LogP contribution >= 0.6 is 27.5 Å². The Labute approximate surface area is 172 Å². The number of nitrogens with two attached hydrogens (primary N) is 1. The maximum atomic E-state index is 11.1. The number of rotatable bonds is 3. The molecule has 0 aliphatic carbocycles. The van der Waals surface area contributed by atoms with Gasteiger partial charge in [0.2, 0.25) is 5.95 Å². The van der Waals surface area contributed by atoms with E-state index in [1.807, 2.05) is 24.3 Å². The van der Waals surface area contributed by atoms with Crippen molar-refractivity contribution in [2.24, 2.45) is 0 Å². The molecule has 2 N–H and O–H groups in total. The van der Waals surface area contributed by atoms with Crippen molar-refractivity contribution in [2.45, 2.75) is 0 Å². The summed E-state index contributed by atoms with van der Waals surface area (Å²) in [5.74, 6) is 0.0319. The van der Waals surface area contributed by atoms with E-state index in [1.54, 1.807) is 18.2 Å². The number of non-ortho nitro benzene ring substituents is 1. The van der Waals surface area contributed by atoms with Crippen LogP contribution in [-0.2, 0) is 0 Å². The van der Waals surface area contributed by atoms with Crippen LogP contribution in [0.5, 0.6) is 0 Å². The number of hydrogen-bond acceptors (Lipinski definition) is 6. The Hall–Kier alpha value is -3.10. The van der Waals surface area contributed by atoms with Gasteiger partial charge in [-0.2, -0.15) is 0 Å². The maximum Gasteiger partial charge on any atom is 0.270 e. The summed E-state index contributed by atoms with van der Waals surface area (Å²) in [5.41, 5.74) is 8.68. The van der Waals surface area contributed by atoms with Crippen LogP contribution in [-0.4, -0.2) is 19.9 Å². The second-order valence-corrected chi connectivity index (χ2v) is 7.24. The van der Waals surface area contributed by atoms with E-state index in [0.29, 0.717) is 22.5 Å². The third kappa shape index (κ3) is 3.51. The van der Waals surface area contributed by atoms with Gasteiger partial charge in [0.15, 0.2) is 0 Å². The summed E-state index contributed by atoms with van der Waals surface area (Å²) < 4.78 is 0.912. The Morgan fingerprint density at radius 2 is 1.79 bits per heavy atom. The average molecular weight is 457 g/mol. The molecule has 2 aromatic heterocycles. The molecule has 0 aliphatic rings. The third-order valence-electron chi connectivity index (χ3n) is 4.10.